The molecule has 9 heteroatoms. The highest BCUT2D eigenvalue weighted by atomic mass is 19.1. The molecule has 5 aliphatic carbocycles. The molecule has 0 amide bonds. The summed E-state index contributed by atoms with van der Waals surface area (Å²) in [7, 11) is 0. The molecule has 0 aliphatic heterocycles. The van der Waals surface area contributed by atoms with Crippen LogP contribution in [-0.4, -0.2) is 39.1 Å². The summed E-state index contributed by atoms with van der Waals surface area (Å²) in [6.45, 7) is 19.6. The number of fused-ring (bicyclic) bond motifs is 7. The van der Waals surface area contributed by atoms with E-state index in [4.69, 9.17) is 9.15 Å². The highest BCUT2D eigenvalue weighted by molar-refractivity contribution is 6.00. The zero-order chi connectivity index (χ0) is 38.5. The summed E-state index contributed by atoms with van der Waals surface area (Å²) in [4.78, 5) is 38.9. The first-order valence-corrected chi connectivity index (χ1v) is 20.0. The van der Waals surface area contributed by atoms with Gasteiger partial charge in [0.1, 0.15) is 11.9 Å². The van der Waals surface area contributed by atoms with Crippen LogP contribution in [0.5, 0.6) is 0 Å². The number of nitrogens with zero attached hydrogens (tertiary/aromatic N) is 2. The monoisotopic (exact) mass is 730 g/mol. The van der Waals surface area contributed by atoms with Crippen LogP contribution in [0.15, 0.2) is 39.8 Å². The van der Waals surface area contributed by atoms with Crippen LogP contribution in [0.3, 0.4) is 0 Å². The Morgan fingerprint density at radius 3 is 2.30 bits per heavy atom. The number of hydrogen-bond donors (Lipinski definition) is 1. The predicted octanol–water partition coefficient (Wildman–Crippen LogP) is 9.81. The highest BCUT2D eigenvalue weighted by Gasteiger charge is 2.70. The van der Waals surface area contributed by atoms with E-state index in [2.05, 4.69) is 58.7 Å². The normalized spacial score (nSPS) is 36.4. The van der Waals surface area contributed by atoms with Crippen LogP contribution in [0.2, 0.25) is 0 Å². The molecule has 0 radical (unpaired) electrons. The summed E-state index contributed by atoms with van der Waals surface area (Å²) in [5, 5.41) is 18.4. The Hall–Kier alpha value is -3.36. The molecule has 0 bridgehead atoms. The Labute approximate surface area is 314 Å². The van der Waals surface area contributed by atoms with Crippen molar-refractivity contribution in [1.82, 2.24) is 10.2 Å². The second kappa shape index (κ2) is 12.6. The van der Waals surface area contributed by atoms with Crippen molar-refractivity contribution in [3.8, 4) is 11.5 Å². The lowest BCUT2D eigenvalue weighted by molar-refractivity contribution is -0.233. The van der Waals surface area contributed by atoms with Gasteiger partial charge in [0, 0.05) is 29.2 Å². The number of halogens is 1. The van der Waals surface area contributed by atoms with Crippen molar-refractivity contribution in [2.45, 2.75) is 139 Å². The lowest BCUT2D eigenvalue weighted by atomic mass is 9.33. The summed E-state index contributed by atoms with van der Waals surface area (Å²) < 4.78 is 26.0. The summed E-state index contributed by atoms with van der Waals surface area (Å²) in [5.41, 5.74) is 1.40. The third-order valence-electron chi connectivity index (χ3n) is 16.0. The third kappa shape index (κ3) is 5.75. The van der Waals surface area contributed by atoms with E-state index in [1.165, 1.54) is 17.7 Å². The molecule has 1 N–H and O–H groups in total. The fraction of sp³-hybridized carbons (Fsp3) is 0.705. The number of hydrogen-bond acceptors (Lipinski definition) is 7. The maximum absolute atomic E-state index is 14.1. The number of ketones is 1. The van der Waals surface area contributed by atoms with Gasteiger partial charge in [-0.15, -0.1) is 10.2 Å². The molecular formula is C44H59FN2O6. The number of carboxylic acid groups (broad SMARTS) is 1. The number of carbonyl (C=O) groups excluding carboxylic acids is 2. The molecule has 8 nitrogen and oxygen atoms in total. The third-order valence-corrected chi connectivity index (χ3v) is 16.0. The minimum Gasteiger partial charge on any atom is -0.481 e. The molecule has 2 aromatic rings. The lowest BCUT2D eigenvalue weighted by Crippen LogP contribution is -2.65. The average Bonchev–Trinajstić information content (AvgIpc) is 3.64. The van der Waals surface area contributed by atoms with Gasteiger partial charge < -0.3 is 14.3 Å². The second-order valence-corrected chi connectivity index (χ2v) is 19.9. The van der Waals surface area contributed by atoms with E-state index < -0.39 is 17.4 Å². The predicted molar refractivity (Wildman–Crippen MR) is 199 cm³/mol. The van der Waals surface area contributed by atoms with Crippen LogP contribution in [0.1, 0.15) is 132 Å². The number of ether oxygens (including phenoxy) is 1. The first kappa shape index (κ1) is 37.9. The standard InChI is InChI=1S/C44H59FN2O6/c1-25(2)35-29(48)22-44(23-33-46-47-37(53-33)26-10-12-27(45)13-11-26)21-20-42(8)28(36(35)44)14-15-31-41(7)18-17-32(52-34(49)24-39(3,4)38(50)51)40(5,6)30(41)16-19-43(31,42)9/h10-13,25,28,30-32H,14-24H2,1-9H3,(H,50,51)/t28-,30+,31-,32+,41?,42-,43?,44+/m1/s1. The van der Waals surface area contributed by atoms with Crippen LogP contribution >= 0.6 is 0 Å². The van der Waals surface area contributed by atoms with Crippen molar-refractivity contribution < 1.29 is 33.0 Å². The number of carboxylic acids is 1. The summed E-state index contributed by atoms with van der Waals surface area (Å²) >= 11 is 0. The van der Waals surface area contributed by atoms with Gasteiger partial charge in [0.2, 0.25) is 11.8 Å². The molecule has 1 aromatic carbocycles. The number of esters is 1. The minimum absolute atomic E-state index is 0.00250. The van der Waals surface area contributed by atoms with Crippen LogP contribution in [0.4, 0.5) is 4.39 Å². The van der Waals surface area contributed by atoms with E-state index in [1.807, 2.05) is 0 Å². The van der Waals surface area contributed by atoms with E-state index in [-0.39, 0.29) is 63.0 Å². The van der Waals surface area contributed by atoms with E-state index in [9.17, 15) is 23.9 Å². The van der Waals surface area contributed by atoms with Crippen molar-refractivity contribution in [3.05, 3.63) is 47.1 Å². The highest BCUT2D eigenvalue weighted by Crippen LogP contribution is 2.77. The molecule has 1 heterocycles. The van der Waals surface area contributed by atoms with Crippen LogP contribution in [0.25, 0.3) is 11.5 Å². The molecule has 8 atom stereocenters. The molecule has 4 fully saturated rings. The molecule has 53 heavy (non-hydrogen) atoms. The van der Waals surface area contributed by atoms with Gasteiger partial charge in [-0.3, -0.25) is 14.4 Å². The number of benzene rings is 1. The zero-order valence-electron chi connectivity index (χ0n) is 33.2. The zero-order valence-corrected chi connectivity index (χ0v) is 33.2. The van der Waals surface area contributed by atoms with Crippen molar-refractivity contribution in [2.75, 3.05) is 0 Å². The average molecular weight is 731 g/mol. The summed E-state index contributed by atoms with van der Waals surface area (Å²) in [6.07, 6.45) is 8.53. The molecule has 2 unspecified atom stereocenters. The Kier molecular flexibility index (Phi) is 9.01. The van der Waals surface area contributed by atoms with Gasteiger partial charge in [-0.25, -0.2) is 4.39 Å². The number of rotatable bonds is 8. The first-order valence-electron chi connectivity index (χ1n) is 20.0. The van der Waals surface area contributed by atoms with Crippen molar-refractivity contribution >= 4 is 17.7 Å². The molecule has 288 valence electrons. The lowest BCUT2D eigenvalue weighted by Gasteiger charge is -2.72. The van der Waals surface area contributed by atoms with Gasteiger partial charge in [0.05, 0.1) is 11.8 Å². The van der Waals surface area contributed by atoms with Crippen LogP contribution < -0.4 is 0 Å². The molecule has 0 saturated heterocycles. The fourth-order valence-electron chi connectivity index (χ4n) is 13.1. The summed E-state index contributed by atoms with van der Waals surface area (Å²) in [6, 6.07) is 6.08. The van der Waals surface area contributed by atoms with Gasteiger partial charge >= 0.3 is 11.9 Å². The van der Waals surface area contributed by atoms with Gasteiger partial charge in [-0.05, 0) is 135 Å². The molecule has 5 aliphatic rings. The molecular weight excluding hydrogens is 671 g/mol. The maximum atomic E-state index is 14.1. The van der Waals surface area contributed by atoms with Crippen molar-refractivity contribution in [1.29, 1.82) is 0 Å². The number of aromatic nitrogens is 2. The van der Waals surface area contributed by atoms with Gasteiger partial charge in [-0.2, -0.15) is 0 Å². The smallest absolute Gasteiger partial charge is 0.309 e. The van der Waals surface area contributed by atoms with Crippen LogP contribution in [-0.2, 0) is 25.5 Å². The second-order valence-electron chi connectivity index (χ2n) is 19.9. The van der Waals surface area contributed by atoms with Gasteiger partial charge in [-0.1, -0.05) is 54.0 Å². The maximum Gasteiger partial charge on any atom is 0.309 e. The Balaban J connectivity index is 1.17. The Morgan fingerprint density at radius 1 is 0.943 bits per heavy atom. The number of aliphatic carboxylic acids is 1. The minimum atomic E-state index is -1.17. The number of allylic oxidation sites excluding steroid dienone is 2. The quantitative estimate of drug-likeness (QED) is 0.267. The van der Waals surface area contributed by atoms with E-state index in [0.29, 0.717) is 42.0 Å². The Morgan fingerprint density at radius 2 is 1.64 bits per heavy atom. The fourth-order valence-corrected chi connectivity index (χ4v) is 13.1. The van der Waals surface area contributed by atoms with E-state index in [0.717, 1.165) is 56.9 Å². The topological polar surface area (TPSA) is 120 Å². The summed E-state index contributed by atoms with van der Waals surface area (Å²) in [5.74, 6) is 0.673. The molecule has 1 aromatic heterocycles. The van der Waals surface area contributed by atoms with E-state index >= 15 is 0 Å². The molecule has 4 saturated carbocycles. The van der Waals surface area contributed by atoms with Crippen molar-refractivity contribution in [3.63, 3.8) is 0 Å². The number of Topliss-reactive ketones (excluding diaryl/α,β-unsaturated/α-hetero) is 1. The van der Waals surface area contributed by atoms with Crippen molar-refractivity contribution in [2.24, 2.45) is 56.2 Å². The van der Waals surface area contributed by atoms with Gasteiger partial charge in [0.25, 0.3) is 0 Å². The number of carbonyl (C=O) groups is 3. The molecule has 0 spiro atoms. The molecule has 7 rings (SSSR count). The Bertz CT molecular complexity index is 1840. The SMILES string of the molecule is CC(C)C1=C2[C@H]3CC[C@@H]4C5(C)CC[C@H](OC(=O)CC(C)(C)C(=O)O)C(C)(C)[C@@H]5CCC4(C)[C@]3(C)CC[C@@]2(Cc2nnc(-c3ccc(F)cc3)o2)CC1=O. The van der Waals surface area contributed by atoms with Gasteiger partial charge in [0.15, 0.2) is 5.78 Å². The largest absolute Gasteiger partial charge is 0.481 e. The first-order chi connectivity index (χ1) is 24.7. The van der Waals surface area contributed by atoms with Crippen LogP contribution in [0, 0.1) is 62.0 Å². The van der Waals surface area contributed by atoms with E-state index in [1.54, 1.807) is 26.0 Å².